The molecule has 1 fully saturated rings. The van der Waals surface area contributed by atoms with Crippen molar-refractivity contribution in [1.82, 2.24) is 0 Å². The second kappa shape index (κ2) is 4.54. The first kappa shape index (κ1) is 11.6. The lowest BCUT2D eigenvalue weighted by atomic mass is 9.75. The molecule has 16 heavy (non-hydrogen) atoms. The average molecular weight is 241 g/mol. The molecule has 0 amide bonds. The number of ketones is 1. The molecule has 0 aromatic heterocycles. The summed E-state index contributed by atoms with van der Waals surface area (Å²) >= 11 is 5.65. The van der Waals surface area contributed by atoms with Crippen LogP contribution in [0.1, 0.15) is 31.2 Å². The van der Waals surface area contributed by atoms with E-state index < -0.39 is 5.41 Å². The number of carbonyl (C=O) groups is 1. The van der Waals surface area contributed by atoms with Crippen molar-refractivity contribution in [2.45, 2.75) is 31.1 Å². The average Bonchev–Trinajstić information content (AvgIpc) is 2.79. The number of Topliss-reactive ketones (excluding diaryl/α,β-unsaturated/α-hetero) is 1. The maximum atomic E-state index is 13.8. The highest BCUT2D eigenvalue weighted by Gasteiger charge is 2.43. The van der Waals surface area contributed by atoms with Crippen molar-refractivity contribution >= 4 is 17.4 Å². The molecule has 0 saturated heterocycles. The second-order valence-electron chi connectivity index (χ2n) is 4.33. The van der Waals surface area contributed by atoms with E-state index >= 15 is 0 Å². The predicted octanol–water partition coefficient (Wildman–Crippen LogP) is 3.45. The van der Waals surface area contributed by atoms with Crippen molar-refractivity contribution in [1.29, 1.82) is 0 Å². The van der Waals surface area contributed by atoms with Crippen LogP contribution in [-0.2, 0) is 10.2 Å². The normalized spacial score (nSPS) is 18.6. The molecule has 0 heterocycles. The fourth-order valence-electron chi connectivity index (χ4n) is 2.65. The Bertz CT molecular complexity index is 397. The lowest BCUT2D eigenvalue weighted by Gasteiger charge is -2.27. The molecule has 3 heteroatoms. The Morgan fingerprint density at radius 3 is 2.50 bits per heavy atom. The van der Waals surface area contributed by atoms with Crippen LogP contribution >= 0.6 is 11.6 Å². The van der Waals surface area contributed by atoms with E-state index in [4.69, 9.17) is 11.6 Å². The third kappa shape index (κ3) is 1.75. The van der Waals surface area contributed by atoms with Crippen LogP contribution < -0.4 is 0 Å². The van der Waals surface area contributed by atoms with E-state index in [9.17, 15) is 9.18 Å². The fourth-order valence-corrected chi connectivity index (χ4v) is 2.91. The van der Waals surface area contributed by atoms with Gasteiger partial charge in [0.15, 0.2) is 5.78 Å². The quantitative estimate of drug-likeness (QED) is 0.740. The van der Waals surface area contributed by atoms with E-state index in [-0.39, 0.29) is 17.5 Å². The Kier molecular flexibility index (Phi) is 3.29. The first-order chi connectivity index (χ1) is 7.70. The van der Waals surface area contributed by atoms with Gasteiger partial charge in [0.2, 0.25) is 0 Å². The minimum Gasteiger partial charge on any atom is -0.297 e. The van der Waals surface area contributed by atoms with Crippen LogP contribution in [0.15, 0.2) is 24.3 Å². The van der Waals surface area contributed by atoms with E-state index in [1.54, 1.807) is 18.2 Å². The van der Waals surface area contributed by atoms with Crippen molar-refractivity contribution in [2.75, 3.05) is 5.88 Å². The Balaban J connectivity index is 2.48. The molecule has 0 atom stereocenters. The summed E-state index contributed by atoms with van der Waals surface area (Å²) in [5.41, 5.74) is -0.134. The molecule has 2 rings (SSSR count). The summed E-state index contributed by atoms with van der Waals surface area (Å²) in [6.45, 7) is 0. The van der Waals surface area contributed by atoms with Gasteiger partial charge in [-0.05, 0) is 18.9 Å². The van der Waals surface area contributed by atoms with Gasteiger partial charge < -0.3 is 0 Å². The van der Waals surface area contributed by atoms with Gasteiger partial charge in [-0.3, -0.25) is 4.79 Å². The Morgan fingerprint density at radius 2 is 1.94 bits per heavy atom. The van der Waals surface area contributed by atoms with E-state index in [0.717, 1.165) is 25.7 Å². The Morgan fingerprint density at radius 1 is 1.31 bits per heavy atom. The first-order valence-corrected chi connectivity index (χ1v) is 6.08. The summed E-state index contributed by atoms with van der Waals surface area (Å²) in [5.74, 6) is -0.367. The molecule has 0 radical (unpaired) electrons. The Hall–Kier alpha value is -0.890. The smallest absolute Gasteiger partial charge is 0.158 e. The molecular formula is C13H14ClFO. The van der Waals surface area contributed by atoms with Crippen molar-refractivity contribution in [3.63, 3.8) is 0 Å². The van der Waals surface area contributed by atoms with Gasteiger partial charge in [-0.25, -0.2) is 4.39 Å². The van der Waals surface area contributed by atoms with Gasteiger partial charge >= 0.3 is 0 Å². The van der Waals surface area contributed by atoms with E-state index in [2.05, 4.69) is 0 Å². The number of carbonyl (C=O) groups excluding carboxylic acids is 1. The molecule has 0 N–H and O–H groups in total. The van der Waals surface area contributed by atoms with Gasteiger partial charge in [-0.15, -0.1) is 11.6 Å². The third-order valence-corrected chi connectivity index (χ3v) is 3.74. The SMILES string of the molecule is O=C(CCl)C1(c2ccccc2F)CCCC1. The first-order valence-electron chi connectivity index (χ1n) is 5.55. The summed E-state index contributed by atoms with van der Waals surface area (Å²) < 4.78 is 13.8. The lowest BCUT2D eigenvalue weighted by molar-refractivity contribution is -0.122. The molecule has 1 saturated carbocycles. The van der Waals surface area contributed by atoms with Gasteiger partial charge in [0.1, 0.15) is 5.82 Å². The van der Waals surface area contributed by atoms with Crippen molar-refractivity contribution in [2.24, 2.45) is 0 Å². The molecule has 0 spiro atoms. The van der Waals surface area contributed by atoms with Gasteiger partial charge in [-0.2, -0.15) is 0 Å². The summed E-state index contributed by atoms with van der Waals surface area (Å²) in [4.78, 5) is 12.0. The van der Waals surface area contributed by atoms with Gasteiger partial charge in [0.25, 0.3) is 0 Å². The predicted molar refractivity (Wildman–Crippen MR) is 62.3 cm³/mol. The molecular weight excluding hydrogens is 227 g/mol. The van der Waals surface area contributed by atoms with Gasteiger partial charge in [0, 0.05) is 5.56 Å². The molecule has 0 aliphatic heterocycles. The monoisotopic (exact) mass is 240 g/mol. The standard InChI is InChI=1S/C13H14ClFO/c14-9-12(16)13(7-3-4-8-13)10-5-1-2-6-11(10)15/h1-2,5-6H,3-4,7-9H2. The molecule has 1 aromatic rings. The fraction of sp³-hybridized carbons (Fsp3) is 0.462. The highest BCUT2D eigenvalue weighted by molar-refractivity contribution is 6.29. The molecule has 1 aromatic carbocycles. The number of halogens is 2. The van der Waals surface area contributed by atoms with Crippen molar-refractivity contribution < 1.29 is 9.18 Å². The molecule has 1 nitrogen and oxygen atoms in total. The molecule has 0 unspecified atom stereocenters. The van der Waals surface area contributed by atoms with Crippen LogP contribution in [0.2, 0.25) is 0 Å². The number of hydrogen-bond acceptors (Lipinski definition) is 1. The summed E-state index contributed by atoms with van der Waals surface area (Å²) in [5, 5.41) is 0. The number of benzene rings is 1. The van der Waals surface area contributed by atoms with Crippen LogP contribution in [-0.4, -0.2) is 11.7 Å². The van der Waals surface area contributed by atoms with Crippen LogP contribution in [0.3, 0.4) is 0 Å². The van der Waals surface area contributed by atoms with E-state index in [1.807, 2.05) is 0 Å². The highest BCUT2D eigenvalue weighted by atomic mass is 35.5. The third-order valence-electron chi connectivity index (χ3n) is 3.50. The lowest BCUT2D eigenvalue weighted by Crippen LogP contribution is -2.34. The molecule has 1 aliphatic carbocycles. The van der Waals surface area contributed by atoms with Gasteiger partial charge in [0.05, 0.1) is 11.3 Å². The molecule has 86 valence electrons. The van der Waals surface area contributed by atoms with Crippen LogP contribution in [0.25, 0.3) is 0 Å². The topological polar surface area (TPSA) is 17.1 Å². The van der Waals surface area contributed by atoms with Crippen LogP contribution in [0.5, 0.6) is 0 Å². The zero-order chi connectivity index (χ0) is 11.6. The number of hydrogen-bond donors (Lipinski definition) is 0. The summed E-state index contributed by atoms with van der Waals surface area (Å²) in [6, 6.07) is 6.55. The largest absolute Gasteiger partial charge is 0.297 e. The Labute approximate surface area is 99.6 Å². The van der Waals surface area contributed by atoms with E-state index in [0.29, 0.717) is 5.56 Å². The van der Waals surface area contributed by atoms with Crippen LogP contribution in [0, 0.1) is 5.82 Å². The highest BCUT2D eigenvalue weighted by Crippen LogP contribution is 2.43. The zero-order valence-corrected chi connectivity index (χ0v) is 9.77. The minimum atomic E-state index is -0.660. The van der Waals surface area contributed by atoms with Gasteiger partial charge in [-0.1, -0.05) is 31.0 Å². The van der Waals surface area contributed by atoms with Crippen molar-refractivity contribution in [3.8, 4) is 0 Å². The summed E-state index contributed by atoms with van der Waals surface area (Å²) in [7, 11) is 0. The van der Waals surface area contributed by atoms with E-state index in [1.165, 1.54) is 6.07 Å². The maximum Gasteiger partial charge on any atom is 0.158 e. The summed E-state index contributed by atoms with van der Waals surface area (Å²) in [6.07, 6.45) is 3.38. The van der Waals surface area contributed by atoms with Crippen LogP contribution in [0.4, 0.5) is 4.39 Å². The van der Waals surface area contributed by atoms with Crippen molar-refractivity contribution in [3.05, 3.63) is 35.6 Å². The second-order valence-corrected chi connectivity index (χ2v) is 4.59. The molecule has 0 bridgehead atoms. The molecule has 1 aliphatic rings. The minimum absolute atomic E-state index is 0.0334. The zero-order valence-electron chi connectivity index (χ0n) is 9.01. The number of rotatable bonds is 3. The maximum absolute atomic E-state index is 13.8. The number of alkyl halides is 1.